The molecule has 0 aliphatic carbocycles. The largest absolute Gasteiger partial charge is 0.326 e. The summed E-state index contributed by atoms with van der Waals surface area (Å²) in [6.45, 7) is 0.646. The third-order valence-corrected chi connectivity index (χ3v) is 2.89. The fraction of sp³-hybridized carbons (Fsp3) is 0.385. The molecular formula is C13H18ClN3O2. The Morgan fingerprint density at radius 1 is 1.37 bits per heavy atom. The van der Waals surface area contributed by atoms with Gasteiger partial charge < -0.3 is 16.0 Å². The highest BCUT2D eigenvalue weighted by atomic mass is 35.5. The maximum absolute atomic E-state index is 11.6. The lowest BCUT2D eigenvalue weighted by Crippen LogP contribution is -2.20. The summed E-state index contributed by atoms with van der Waals surface area (Å²) >= 11 is 0. The average molecular weight is 284 g/mol. The average Bonchev–Trinajstić information content (AvgIpc) is 2.36. The first-order chi connectivity index (χ1) is 8.69. The molecule has 1 aromatic rings. The molecule has 3 N–H and O–H groups in total. The van der Waals surface area contributed by atoms with Crippen molar-refractivity contribution in [3.8, 4) is 0 Å². The fourth-order valence-electron chi connectivity index (χ4n) is 1.91. The highest BCUT2D eigenvalue weighted by Gasteiger charge is 2.15. The van der Waals surface area contributed by atoms with Crippen LogP contribution in [0.3, 0.4) is 0 Å². The third-order valence-electron chi connectivity index (χ3n) is 2.89. The number of aryl methyl sites for hydroxylation is 1. The van der Waals surface area contributed by atoms with Gasteiger partial charge in [0.2, 0.25) is 11.8 Å². The number of amides is 2. The van der Waals surface area contributed by atoms with Crippen molar-refractivity contribution in [1.82, 2.24) is 5.32 Å². The molecule has 0 atom stereocenters. The first-order valence-corrected chi connectivity index (χ1v) is 6.06. The van der Waals surface area contributed by atoms with Gasteiger partial charge in [0, 0.05) is 30.8 Å². The highest BCUT2D eigenvalue weighted by molar-refractivity contribution is 5.96. The quantitative estimate of drug-likeness (QED) is 0.785. The van der Waals surface area contributed by atoms with Crippen LogP contribution in [-0.2, 0) is 16.0 Å². The Labute approximate surface area is 118 Å². The van der Waals surface area contributed by atoms with Gasteiger partial charge in [-0.15, -0.1) is 12.4 Å². The van der Waals surface area contributed by atoms with E-state index in [2.05, 4.69) is 16.0 Å². The first kappa shape index (κ1) is 15.5. The number of hydrogen-bond donors (Lipinski definition) is 3. The number of carbonyl (C=O) groups excluding carboxylic acids is 2. The lowest BCUT2D eigenvalue weighted by Gasteiger charge is -2.17. The van der Waals surface area contributed by atoms with E-state index in [1.165, 1.54) is 0 Å². The monoisotopic (exact) mass is 283 g/mol. The van der Waals surface area contributed by atoms with Gasteiger partial charge in [0.1, 0.15) is 0 Å². The van der Waals surface area contributed by atoms with E-state index >= 15 is 0 Å². The van der Waals surface area contributed by atoms with Gasteiger partial charge in [0.25, 0.3) is 0 Å². The molecule has 0 unspecified atom stereocenters. The summed E-state index contributed by atoms with van der Waals surface area (Å²) in [6, 6.07) is 5.62. The van der Waals surface area contributed by atoms with Crippen molar-refractivity contribution in [2.75, 3.05) is 24.2 Å². The summed E-state index contributed by atoms with van der Waals surface area (Å²) in [5, 5.41) is 8.55. The van der Waals surface area contributed by atoms with E-state index in [1.54, 1.807) is 0 Å². The second-order valence-electron chi connectivity index (χ2n) is 4.32. The normalized spacial score (nSPS) is 13.0. The molecule has 1 heterocycles. The molecule has 19 heavy (non-hydrogen) atoms. The molecule has 0 radical (unpaired) electrons. The summed E-state index contributed by atoms with van der Waals surface area (Å²) in [7, 11) is 1.81. The van der Waals surface area contributed by atoms with Gasteiger partial charge in [-0.2, -0.15) is 0 Å². The molecule has 6 heteroatoms. The number of nitrogens with one attached hydrogen (secondary N) is 3. The van der Waals surface area contributed by atoms with Gasteiger partial charge in [-0.05, 0) is 31.2 Å². The molecule has 104 valence electrons. The van der Waals surface area contributed by atoms with Crippen molar-refractivity contribution >= 4 is 35.6 Å². The lowest BCUT2D eigenvalue weighted by atomic mass is 10.0. The van der Waals surface area contributed by atoms with Crippen LogP contribution in [0, 0.1) is 0 Å². The molecule has 0 saturated heterocycles. The van der Waals surface area contributed by atoms with Crippen LogP contribution in [0.2, 0.25) is 0 Å². The maximum Gasteiger partial charge on any atom is 0.225 e. The minimum Gasteiger partial charge on any atom is -0.326 e. The zero-order valence-corrected chi connectivity index (χ0v) is 11.6. The Morgan fingerprint density at radius 3 is 2.89 bits per heavy atom. The lowest BCUT2D eigenvalue weighted by molar-refractivity contribution is -0.117. The second kappa shape index (κ2) is 7.11. The van der Waals surface area contributed by atoms with Gasteiger partial charge in [0.05, 0.1) is 0 Å². The van der Waals surface area contributed by atoms with Crippen LogP contribution in [0.15, 0.2) is 18.2 Å². The van der Waals surface area contributed by atoms with Crippen molar-refractivity contribution in [2.45, 2.75) is 19.3 Å². The number of hydrogen-bond acceptors (Lipinski definition) is 3. The Hall–Kier alpha value is -1.59. The van der Waals surface area contributed by atoms with Crippen LogP contribution in [0.1, 0.15) is 18.4 Å². The van der Waals surface area contributed by atoms with Crippen LogP contribution >= 0.6 is 12.4 Å². The zero-order chi connectivity index (χ0) is 13.0. The predicted octanol–water partition coefficient (Wildman–Crippen LogP) is 1.54. The van der Waals surface area contributed by atoms with E-state index in [1.807, 2.05) is 25.2 Å². The third kappa shape index (κ3) is 4.22. The Bertz CT molecular complexity index is 477. The molecule has 2 amide bonds. The molecule has 1 aromatic carbocycles. The standard InChI is InChI=1S/C13H17N3O2.ClH/c1-14-7-6-13(18)15-10-4-2-9-3-5-12(17)16-11(9)8-10;/h2,4,8,14H,3,5-7H2,1H3,(H,15,18)(H,16,17);1H. The molecule has 1 aliphatic rings. The van der Waals surface area contributed by atoms with Gasteiger partial charge in [-0.25, -0.2) is 0 Å². The smallest absolute Gasteiger partial charge is 0.225 e. The first-order valence-electron chi connectivity index (χ1n) is 6.06. The van der Waals surface area contributed by atoms with Crippen LogP contribution in [-0.4, -0.2) is 25.4 Å². The van der Waals surface area contributed by atoms with Crippen LogP contribution in [0.5, 0.6) is 0 Å². The van der Waals surface area contributed by atoms with Crippen LogP contribution < -0.4 is 16.0 Å². The number of benzene rings is 1. The summed E-state index contributed by atoms with van der Waals surface area (Å²) in [5.41, 5.74) is 2.64. The van der Waals surface area contributed by atoms with E-state index in [4.69, 9.17) is 0 Å². The predicted molar refractivity (Wildman–Crippen MR) is 77.8 cm³/mol. The number of carbonyl (C=O) groups is 2. The molecule has 1 aliphatic heterocycles. The minimum absolute atomic E-state index is 0. The van der Waals surface area contributed by atoms with Gasteiger partial charge in [-0.1, -0.05) is 6.07 Å². The maximum atomic E-state index is 11.6. The zero-order valence-electron chi connectivity index (χ0n) is 10.8. The van der Waals surface area contributed by atoms with E-state index in [0.717, 1.165) is 23.4 Å². The Kier molecular flexibility index (Phi) is 5.79. The van der Waals surface area contributed by atoms with E-state index < -0.39 is 0 Å². The van der Waals surface area contributed by atoms with Gasteiger partial charge in [-0.3, -0.25) is 9.59 Å². The van der Waals surface area contributed by atoms with Crippen LogP contribution in [0.4, 0.5) is 11.4 Å². The van der Waals surface area contributed by atoms with E-state index in [9.17, 15) is 9.59 Å². The highest BCUT2D eigenvalue weighted by Crippen LogP contribution is 2.25. The summed E-state index contributed by atoms with van der Waals surface area (Å²) in [5.74, 6) is -0.00686. The number of halogens is 1. The fourth-order valence-corrected chi connectivity index (χ4v) is 1.91. The van der Waals surface area contributed by atoms with Crippen molar-refractivity contribution in [1.29, 1.82) is 0 Å². The molecular weight excluding hydrogens is 266 g/mol. The second-order valence-corrected chi connectivity index (χ2v) is 4.32. The summed E-state index contributed by atoms with van der Waals surface area (Å²) in [4.78, 5) is 22.9. The molecule has 0 fully saturated rings. The summed E-state index contributed by atoms with van der Waals surface area (Å²) in [6.07, 6.45) is 1.72. The van der Waals surface area contributed by atoms with Crippen molar-refractivity contribution in [2.24, 2.45) is 0 Å². The van der Waals surface area contributed by atoms with Crippen molar-refractivity contribution in [3.63, 3.8) is 0 Å². The minimum atomic E-state index is -0.0357. The van der Waals surface area contributed by atoms with Crippen molar-refractivity contribution < 1.29 is 9.59 Å². The molecule has 0 aromatic heterocycles. The number of rotatable bonds is 4. The Morgan fingerprint density at radius 2 is 2.16 bits per heavy atom. The van der Waals surface area contributed by atoms with Gasteiger partial charge in [0.15, 0.2) is 0 Å². The van der Waals surface area contributed by atoms with E-state index in [-0.39, 0.29) is 24.2 Å². The topological polar surface area (TPSA) is 70.2 Å². The van der Waals surface area contributed by atoms with E-state index in [0.29, 0.717) is 19.4 Å². The molecule has 5 nitrogen and oxygen atoms in total. The van der Waals surface area contributed by atoms with Gasteiger partial charge >= 0.3 is 0 Å². The van der Waals surface area contributed by atoms with Crippen LogP contribution in [0.25, 0.3) is 0 Å². The molecule has 0 bridgehead atoms. The molecule has 0 saturated carbocycles. The molecule has 2 rings (SSSR count). The Balaban J connectivity index is 0.00000180. The molecule has 0 spiro atoms. The van der Waals surface area contributed by atoms with Crippen molar-refractivity contribution in [3.05, 3.63) is 23.8 Å². The summed E-state index contributed by atoms with van der Waals surface area (Å²) < 4.78 is 0. The SMILES string of the molecule is CNCCC(=O)Nc1ccc2c(c1)NC(=O)CC2.Cl. The number of fused-ring (bicyclic) bond motifs is 1. The number of anilines is 2.